The second-order valence-corrected chi connectivity index (χ2v) is 4.07. The fourth-order valence-electron chi connectivity index (χ4n) is 1.82. The van der Waals surface area contributed by atoms with Crippen molar-refractivity contribution in [1.82, 2.24) is 9.97 Å². The second-order valence-electron chi connectivity index (χ2n) is 4.07. The molecule has 2 aromatic rings. The molecule has 6 heteroatoms. The van der Waals surface area contributed by atoms with E-state index in [0.29, 0.717) is 22.4 Å². The molecular weight excluding hydrogens is 258 g/mol. The topological polar surface area (TPSA) is 96.1 Å². The van der Waals surface area contributed by atoms with E-state index in [2.05, 4.69) is 9.97 Å². The van der Waals surface area contributed by atoms with Crippen molar-refractivity contribution in [3.05, 3.63) is 41.3 Å². The molecule has 0 aliphatic carbocycles. The van der Waals surface area contributed by atoms with Crippen molar-refractivity contribution in [3.8, 4) is 23.1 Å². The molecule has 0 fully saturated rings. The van der Waals surface area contributed by atoms with Crippen LogP contribution in [0.4, 0.5) is 0 Å². The number of aromatic carboxylic acids is 1. The van der Waals surface area contributed by atoms with Crippen LogP contribution in [-0.4, -0.2) is 28.2 Å². The first-order chi connectivity index (χ1) is 9.56. The molecule has 1 N–H and O–H groups in total. The molecule has 2 heterocycles. The van der Waals surface area contributed by atoms with Crippen molar-refractivity contribution in [1.29, 1.82) is 5.26 Å². The molecule has 0 unspecified atom stereocenters. The van der Waals surface area contributed by atoms with Crippen LogP contribution in [0.3, 0.4) is 0 Å². The van der Waals surface area contributed by atoms with Crippen molar-refractivity contribution >= 4 is 5.97 Å². The Hall–Kier alpha value is -2.94. The number of hydrogen-bond donors (Lipinski definition) is 1. The third-order valence-corrected chi connectivity index (χ3v) is 2.73. The number of methoxy groups -OCH3 is 1. The largest absolute Gasteiger partial charge is 0.481 e. The van der Waals surface area contributed by atoms with Crippen molar-refractivity contribution in [2.45, 2.75) is 6.92 Å². The Morgan fingerprint density at radius 2 is 2.05 bits per heavy atom. The highest BCUT2D eigenvalue weighted by Gasteiger charge is 2.17. The zero-order valence-electron chi connectivity index (χ0n) is 10.9. The van der Waals surface area contributed by atoms with Crippen LogP contribution in [0.5, 0.6) is 5.88 Å². The van der Waals surface area contributed by atoms with Crippen LogP contribution >= 0.6 is 0 Å². The molecule has 0 radical (unpaired) electrons. The van der Waals surface area contributed by atoms with E-state index in [1.807, 2.05) is 6.07 Å². The van der Waals surface area contributed by atoms with Gasteiger partial charge in [0.2, 0.25) is 5.88 Å². The molecule has 0 saturated carbocycles. The smallest absolute Gasteiger partial charge is 0.337 e. The number of hydrogen-bond acceptors (Lipinski definition) is 5. The van der Waals surface area contributed by atoms with Crippen LogP contribution in [0.2, 0.25) is 0 Å². The Balaban J connectivity index is 2.76. The average Bonchev–Trinajstić information content (AvgIpc) is 2.46. The third kappa shape index (κ3) is 2.42. The molecule has 0 saturated heterocycles. The van der Waals surface area contributed by atoms with E-state index in [1.165, 1.54) is 19.5 Å². The number of aryl methyl sites for hydroxylation is 1. The van der Waals surface area contributed by atoms with Crippen LogP contribution < -0.4 is 4.74 Å². The Morgan fingerprint density at radius 3 is 2.65 bits per heavy atom. The van der Waals surface area contributed by atoms with E-state index in [-0.39, 0.29) is 11.4 Å². The number of pyridine rings is 2. The SMILES string of the molecule is COc1ncc(C#N)cc1-c1cc(C)ncc1C(=O)O. The minimum absolute atomic E-state index is 0.0331. The zero-order valence-corrected chi connectivity index (χ0v) is 10.9. The Labute approximate surface area is 115 Å². The van der Waals surface area contributed by atoms with Gasteiger partial charge >= 0.3 is 5.97 Å². The lowest BCUT2D eigenvalue weighted by Crippen LogP contribution is -2.03. The van der Waals surface area contributed by atoms with Crippen molar-refractivity contribution < 1.29 is 14.6 Å². The van der Waals surface area contributed by atoms with Crippen LogP contribution in [0.15, 0.2) is 24.5 Å². The predicted molar refractivity (Wildman–Crippen MR) is 70.4 cm³/mol. The van der Waals surface area contributed by atoms with E-state index in [4.69, 9.17) is 10.00 Å². The molecular formula is C14H11N3O3. The quantitative estimate of drug-likeness (QED) is 0.915. The Bertz CT molecular complexity index is 720. The van der Waals surface area contributed by atoms with E-state index in [9.17, 15) is 9.90 Å². The first kappa shape index (κ1) is 13.5. The van der Waals surface area contributed by atoms with Gasteiger partial charge in [0.25, 0.3) is 0 Å². The van der Waals surface area contributed by atoms with Gasteiger partial charge in [-0.25, -0.2) is 9.78 Å². The number of ether oxygens (including phenoxy) is 1. The standard InChI is InChI=1S/C14H11N3O3/c1-8-3-10(12(7-16-8)14(18)19)11-4-9(5-15)6-17-13(11)20-2/h3-4,6-7H,1-2H3,(H,18,19). The normalized spacial score (nSPS) is 9.85. The van der Waals surface area contributed by atoms with Crippen LogP contribution in [0.1, 0.15) is 21.6 Å². The number of carboxylic acid groups (broad SMARTS) is 1. The van der Waals surface area contributed by atoms with Crippen LogP contribution in [0, 0.1) is 18.3 Å². The molecule has 2 aromatic heterocycles. The van der Waals surface area contributed by atoms with Crippen molar-refractivity contribution in [2.75, 3.05) is 7.11 Å². The number of aromatic nitrogens is 2. The van der Waals surface area contributed by atoms with Crippen LogP contribution in [0.25, 0.3) is 11.1 Å². The maximum Gasteiger partial charge on any atom is 0.337 e. The minimum atomic E-state index is -1.10. The molecule has 0 aromatic carbocycles. The number of rotatable bonds is 3. The Kier molecular flexibility index (Phi) is 3.62. The first-order valence-electron chi connectivity index (χ1n) is 5.71. The summed E-state index contributed by atoms with van der Waals surface area (Å²) in [5.74, 6) is -0.839. The summed E-state index contributed by atoms with van der Waals surface area (Å²) in [7, 11) is 1.44. The lowest BCUT2D eigenvalue weighted by Gasteiger charge is -2.10. The monoisotopic (exact) mass is 269 g/mol. The molecule has 0 aliphatic heterocycles. The molecule has 100 valence electrons. The summed E-state index contributed by atoms with van der Waals surface area (Å²) in [6.45, 7) is 1.75. The summed E-state index contributed by atoms with van der Waals surface area (Å²) in [6, 6.07) is 5.15. The number of nitriles is 1. The van der Waals surface area contributed by atoms with Gasteiger partial charge in [-0.3, -0.25) is 4.98 Å². The second kappa shape index (κ2) is 5.36. The minimum Gasteiger partial charge on any atom is -0.481 e. The number of carboxylic acids is 1. The van der Waals surface area contributed by atoms with Crippen molar-refractivity contribution in [3.63, 3.8) is 0 Å². The average molecular weight is 269 g/mol. The summed E-state index contributed by atoms with van der Waals surface area (Å²) in [4.78, 5) is 19.3. The highest BCUT2D eigenvalue weighted by molar-refractivity contribution is 5.96. The summed E-state index contributed by atoms with van der Waals surface area (Å²) < 4.78 is 5.14. The predicted octanol–water partition coefficient (Wildman–Crippen LogP) is 2.03. The van der Waals surface area contributed by atoms with Gasteiger partial charge in [-0.1, -0.05) is 0 Å². The highest BCUT2D eigenvalue weighted by atomic mass is 16.5. The molecule has 0 amide bonds. The summed E-state index contributed by atoms with van der Waals surface area (Å²) in [5, 5.41) is 18.2. The summed E-state index contributed by atoms with van der Waals surface area (Å²) in [5.41, 5.74) is 1.90. The lowest BCUT2D eigenvalue weighted by molar-refractivity contribution is 0.0697. The van der Waals surface area contributed by atoms with E-state index < -0.39 is 5.97 Å². The van der Waals surface area contributed by atoms with E-state index >= 15 is 0 Å². The molecule has 20 heavy (non-hydrogen) atoms. The maximum absolute atomic E-state index is 11.3. The van der Waals surface area contributed by atoms with Gasteiger partial charge in [0, 0.05) is 29.2 Å². The summed E-state index contributed by atoms with van der Waals surface area (Å²) in [6.07, 6.45) is 2.66. The van der Waals surface area contributed by atoms with E-state index in [0.717, 1.165) is 0 Å². The molecule has 2 rings (SSSR count). The van der Waals surface area contributed by atoms with Crippen molar-refractivity contribution in [2.24, 2.45) is 0 Å². The van der Waals surface area contributed by atoms with Gasteiger partial charge in [0.1, 0.15) is 6.07 Å². The van der Waals surface area contributed by atoms with Gasteiger partial charge in [0.15, 0.2) is 0 Å². The first-order valence-corrected chi connectivity index (χ1v) is 5.71. The number of carbonyl (C=O) groups is 1. The zero-order chi connectivity index (χ0) is 14.7. The fourth-order valence-corrected chi connectivity index (χ4v) is 1.82. The van der Waals surface area contributed by atoms with Gasteiger partial charge in [-0.05, 0) is 19.1 Å². The van der Waals surface area contributed by atoms with Gasteiger partial charge in [-0.2, -0.15) is 5.26 Å². The van der Waals surface area contributed by atoms with Gasteiger partial charge < -0.3 is 9.84 Å². The van der Waals surface area contributed by atoms with Gasteiger partial charge in [-0.15, -0.1) is 0 Å². The van der Waals surface area contributed by atoms with Crippen LogP contribution in [-0.2, 0) is 0 Å². The number of nitrogens with zero attached hydrogens (tertiary/aromatic N) is 3. The molecule has 6 nitrogen and oxygen atoms in total. The Morgan fingerprint density at radius 1 is 1.30 bits per heavy atom. The molecule has 0 spiro atoms. The molecule has 0 atom stereocenters. The summed E-state index contributed by atoms with van der Waals surface area (Å²) >= 11 is 0. The molecule has 0 aliphatic rings. The third-order valence-electron chi connectivity index (χ3n) is 2.73. The van der Waals surface area contributed by atoms with E-state index in [1.54, 1.807) is 19.1 Å². The highest BCUT2D eigenvalue weighted by Crippen LogP contribution is 2.31. The fraction of sp³-hybridized carbons (Fsp3) is 0.143. The maximum atomic E-state index is 11.3. The lowest BCUT2D eigenvalue weighted by atomic mass is 10.0. The van der Waals surface area contributed by atoms with Gasteiger partial charge in [0.05, 0.1) is 18.2 Å². The molecule has 0 bridgehead atoms.